The zero-order chi connectivity index (χ0) is 14.4. The largest absolute Gasteiger partial charge is 0.479 e. The second kappa shape index (κ2) is 4.47. The van der Waals surface area contributed by atoms with Crippen LogP contribution in [0.25, 0.3) is 0 Å². The van der Waals surface area contributed by atoms with Crippen LogP contribution in [-0.4, -0.2) is 28.2 Å². The van der Waals surface area contributed by atoms with E-state index in [9.17, 15) is 14.7 Å². The highest BCUT2D eigenvalue weighted by molar-refractivity contribution is 6.04. The summed E-state index contributed by atoms with van der Waals surface area (Å²) >= 11 is 0. The minimum Gasteiger partial charge on any atom is -0.479 e. The van der Waals surface area contributed by atoms with Gasteiger partial charge < -0.3 is 15.6 Å². The molecule has 0 radical (unpaired) electrons. The Morgan fingerprint density at radius 3 is 1.84 bits per heavy atom. The number of carbonyl (C=O) groups is 2. The maximum Gasteiger partial charge on any atom is 0.338 e. The Balaban J connectivity index is 2.25. The van der Waals surface area contributed by atoms with Gasteiger partial charge in [0.25, 0.3) is 0 Å². The predicted octanol–water partition coefficient (Wildman–Crippen LogP) is 1.55. The van der Waals surface area contributed by atoms with E-state index < -0.39 is 23.1 Å². The monoisotopic (exact) mass is 269 g/mol. The number of nitrogens with two attached hydrogens (primary N) is 1. The van der Waals surface area contributed by atoms with Crippen LogP contribution in [0.2, 0.25) is 0 Å². The summed E-state index contributed by atoms with van der Waals surface area (Å²) in [5, 5.41) is 9.50. The number of hydrogen-bond acceptors (Lipinski definition) is 4. The van der Waals surface area contributed by atoms with Crippen molar-refractivity contribution in [3.05, 3.63) is 0 Å². The van der Waals surface area contributed by atoms with Gasteiger partial charge in [0.15, 0.2) is 0 Å². The van der Waals surface area contributed by atoms with Crippen molar-refractivity contribution in [2.24, 2.45) is 23.5 Å². The molecule has 2 aliphatic rings. The van der Waals surface area contributed by atoms with Gasteiger partial charge in [-0.2, -0.15) is 0 Å². The van der Waals surface area contributed by atoms with Crippen LogP contribution in [0.5, 0.6) is 0 Å². The highest BCUT2D eigenvalue weighted by Gasteiger charge is 2.60. The molecule has 0 bridgehead atoms. The number of carboxylic acids is 1. The number of rotatable bonds is 5. The lowest BCUT2D eigenvalue weighted by Crippen LogP contribution is -2.63. The zero-order valence-electron chi connectivity index (χ0n) is 11.8. The Kier molecular flexibility index (Phi) is 3.37. The van der Waals surface area contributed by atoms with Crippen LogP contribution in [0.15, 0.2) is 0 Å². The molecule has 0 aromatic rings. The molecule has 5 heteroatoms. The van der Waals surface area contributed by atoms with E-state index in [0.717, 1.165) is 25.7 Å². The first-order valence-corrected chi connectivity index (χ1v) is 6.92. The molecule has 1 unspecified atom stereocenters. The van der Waals surface area contributed by atoms with Crippen LogP contribution >= 0.6 is 0 Å². The van der Waals surface area contributed by atoms with Crippen molar-refractivity contribution in [1.82, 2.24) is 0 Å². The third-order valence-electron chi connectivity index (χ3n) is 3.88. The molecule has 0 amide bonds. The number of esters is 1. The normalized spacial score (nSPS) is 23.0. The number of carbonyl (C=O) groups excluding carboxylic acids is 1. The summed E-state index contributed by atoms with van der Waals surface area (Å²) in [6.45, 7) is 5.16. The SMILES string of the molecule is CC(C)(C)OC(=O)C(N)(C(=O)O)C(C1CC1)C1CC1. The van der Waals surface area contributed by atoms with E-state index in [1.807, 2.05) is 0 Å². The standard InChI is InChI=1S/C14H23NO4/c1-13(2,3)19-12(18)14(15,11(16)17)10(8-4-5-8)9-6-7-9/h8-10H,4-7,15H2,1-3H3,(H,16,17). The maximum atomic E-state index is 12.3. The summed E-state index contributed by atoms with van der Waals surface area (Å²) in [6.07, 6.45) is 3.87. The van der Waals surface area contributed by atoms with E-state index in [4.69, 9.17) is 10.5 Å². The van der Waals surface area contributed by atoms with Gasteiger partial charge in [0.05, 0.1) is 0 Å². The Labute approximate surface area is 113 Å². The van der Waals surface area contributed by atoms with Crippen molar-refractivity contribution in [2.75, 3.05) is 0 Å². The fourth-order valence-corrected chi connectivity index (χ4v) is 2.77. The lowest BCUT2D eigenvalue weighted by atomic mass is 9.77. The van der Waals surface area contributed by atoms with Crippen molar-refractivity contribution in [3.63, 3.8) is 0 Å². The van der Waals surface area contributed by atoms with Crippen LogP contribution in [0, 0.1) is 17.8 Å². The second-order valence-electron chi connectivity index (χ2n) is 6.88. The zero-order valence-corrected chi connectivity index (χ0v) is 11.8. The average Bonchev–Trinajstić information content (AvgIpc) is 3.09. The first kappa shape index (κ1) is 14.3. The van der Waals surface area contributed by atoms with Gasteiger partial charge in [0, 0.05) is 5.92 Å². The van der Waals surface area contributed by atoms with E-state index >= 15 is 0 Å². The van der Waals surface area contributed by atoms with Gasteiger partial charge in [0.2, 0.25) is 5.54 Å². The molecule has 3 N–H and O–H groups in total. The van der Waals surface area contributed by atoms with Crippen LogP contribution in [0.1, 0.15) is 46.5 Å². The smallest absolute Gasteiger partial charge is 0.338 e. The average molecular weight is 269 g/mol. The van der Waals surface area contributed by atoms with Crippen LogP contribution < -0.4 is 5.73 Å². The molecule has 2 fully saturated rings. The Hall–Kier alpha value is -1.10. The number of aliphatic carboxylic acids is 1. The van der Waals surface area contributed by atoms with Crippen LogP contribution in [-0.2, 0) is 14.3 Å². The molecule has 2 saturated carbocycles. The summed E-state index contributed by atoms with van der Waals surface area (Å²) < 4.78 is 5.26. The summed E-state index contributed by atoms with van der Waals surface area (Å²) in [5.41, 5.74) is 3.42. The van der Waals surface area contributed by atoms with Gasteiger partial charge in [0.1, 0.15) is 5.60 Å². The summed E-state index contributed by atoms with van der Waals surface area (Å²) in [6, 6.07) is 0. The first-order valence-electron chi connectivity index (χ1n) is 6.92. The number of carboxylic acid groups (broad SMARTS) is 1. The molecule has 0 saturated heterocycles. The molecule has 1 atom stereocenters. The molecule has 0 spiro atoms. The third-order valence-corrected chi connectivity index (χ3v) is 3.88. The van der Waals surface area contributed by atoms with E-state index in [0.29, 0.717) is 0 Å². The lowest BCUT2D eigenvalue weighted by Gasteiger charge is -2.34. The molecule has 5 nitrogen and oxygen atoms in total. The fourth-order valence-electron chi connectivity index (χ4n) is 2.77. The van der Waals surface area contributed by atoms with E-state index in [1.165, 1.54) is 0 Å². The van der Waals surface area contributed by atoms with Gasteiger partial charge in [-0.1, -0.05) is 0 Å². The Bertz CT molecular complexity index is 381. The van der Waals surface area contributed by atoms with Crippen molar-refractivity contribution in [3.8, 4) is 0 Å². The summed E-state index contributed by atoms with van der Waals surface area (Å²) in [4.78, 5) is 23.9. The van der Waals surface area contributed by atoms with Gasteiger partial charge in [-0.25, -0.2) is 9.59 Å². The molecule has 0 aromatic carbocycles. The molecular formula is C14H23NO4. The van der Waals surface area contributed by atoms with Crippen molar-refractivity contribution in [1.29, 1.82) is 0 Å². The molecule has 2 aliphatic carbocycles. The third kappa shape index (κ3) is 2.91. The summed E-state index contributed by atoms with van der Waals surface area (Å²) in [7, 11) is 0. The molecule has 2 rings (SSSR count). The van der Waals surface area contributed by atoms with Gasteiger partial charge in [-0.3, -0.25) is 0 Å². The molecule has 108 valence electrons. The molecular weight excluding hydrogens is 246 g/mol. The van der Waals surface area contributed by atoms with E-state index in [2.05, 4.69) is 0 Å². The van der Waals surface area contributed by atoms with Gasteiger partial charge in [-0.15, -0.1) is 0 Å². The lowest BCUT2D eigenvalue weighted by molar-refractivity contribution is -0.173. The highest BCUT2D eigenvalue weighted by atomic mass is 16.6. The Morgan fingerprint density at radius 2 is 1.58 bits per heavy atom. The molecule has 19 heavy (non-hydrogen) atoms. The quantitative estimate of drug-likeness (QED) is 0.584. The number of hydrogen-bond donors (Lipinski definition) is 2. The van der Waals surface area contributed by atoms with Gasteiger partial charge >= 0.3 is 11.9 Å². The fraction of sp³-hybridized carbons (Fsp3) is 0.857. The predicted molar refractivity (Wildman–Crippen MR) is 69.3 cm³/mol. The topological polar surface area (TPSA) is 89.6 Å². The van der Waals surface area contributed by atoms with E-state index in [1.54, 1.807) is 20.8 Å². The first-order chi connectivity index (χ1) is 8.66. The number of ether oxygens (including phenoxy) is 1. The Morgan fingerprint density at radius 1 is 1.16 bits per heavy atom. The van der Waals surface area contributed by atoms with Crippen molar-refractivity contribution >= 4 is 11.9 Å². The maximum absolute atomic E-state index is 12.3. The van der Waals surface area contributed by atoms with Gasteiger partial charge in [-0.05, 0) is 58.3 Å². The van der Waals surface area contributed by atoms with Crippen LogP contribution in [0.3, 0.4) is 0 Å². The molecule has 0 aliphatic heterocycles. The van der Waals surface area contributed by atoms with E-state index in [-0.39, 0.29) is 17.8 Å². The molecule has 0 aromatic heterocycles. The highest BCUT2D eigenvalue weighted by Crippen LogP contribution is 2.53. The van der Waals surface area contributed by atoms with Crippen molar-refractivity contribution < 1.29 is 19.4 Å². The minimum absolute atomic E-state index is 0.265. The summed E-state index contributed by atoms with van der Waals surface area (Å²) in [5.74, 6) is -1.80. The second-order valence-corrected chi connectivity index (χ2v) is 6.88. The van der Waals surface area contributed by atoms with Crippen LogP contribution in [0.4, 0.5) is 0 Å². The molecule has 0 heterocycles. The minimum atomic E-state index is -1.89. The van der Waals surface area contributed by atoms with Crippen molar-refractivity contribution in [2.45, 2.75) is 57.6 Å².